The molecule has 1 heterocycles. The molecule has 0 unspecified atom stereocenters. The molecular weight excluding hydrogens is 272 g/mol. The van der Waals surface area contributed by atoms with Crippen LogP contribution in [-0.2, 0) is 4.79 Å². The fraction of sp³-hybridized carbons (Fsp3) is 0.400. The maximum absolute atomic E-state index is 12.1. The van der Waals surface area contributed by atoms with E-state index in [0.29, 0.717) is 5.56 Å². The summed E-state index contributed by atoms with van der Waals surface area (Å²) in [5, 5.41) is 11.4. The minimum Gasteiger partial charge on any atom is -0.478 e. The maximum Gasteiger partial charge on any atom is 0.335 e. The van der Waals surface area contributed by atoms with Gasteiger partial charge in [-0.2, -0.15) is 0 Å². The van der Waals surface area contributed by atoms with Crippen molar-refractivity contribution in [3.05, 3.63) is 35.4 Å². The number of hydrogen-bond acceptors (Lipinski definition) is 3. The maximum atomic E-state index is 12.1. The fourth-order valence-corrected chi connectivity index (χ4v) is 2.32. The average Bonchev–Trinajstić information content (AvgIpc) is 3.00. The Labute approximate surface area is 122 Å². The Morgan fingerprint density at radius 1 is 1.10 bits per heavy atom. The van der Waals surface area contributed by atoms with Gasteiger partial charge in [-0.1, -0.05) is 0 Å². The zero-order chi connectivity index (χ0) is 15.4. The van der Waals surface area contributed by atoms with Gasteiger partial charge in [0.2, 0.25) is 5.91 Å². The van der Waals surface area contributed by atoms with Crippen molar-refractivity contribution in [1.82, 2.24) is 10.2 Å². The third kappa shape index (κ3) is 3.59. The van der Waals surface area contributed by atoms with E-state index in [1.807, 2.05) is 0 Å². The van der Waals surface area contributed by atoms with E-state index in [0.717, 1.165) is 25.9 Å². The number of aromatic carboxylic acids is 1. The molecule has 0 aromatic heterocycles. The molecule has 0 aliphatic carbocycles. The van der Waals surface area contributed by atoms with Gasteiger partial charge in [0.05, 0.1) is 5.56 Å². The van der Waals surface area contributed by atoms with E-state index in [-0.39, 0.29) is 17.4 Å². The number of nitrogens with zero attached hydrogens (tertiary/aromatic N) is 1. The van der Waals surface area contributed by atoms with Gasteiger partial charge < -0.3 is 15.3 Å². The van der Waals surface area contributed by atoms with Crippen LogP contribution in [0.1, 0.15) is 40.5 Å². The van der Waals surface area contributed by atoms with Gasteiger partial charge in [0.15, 0.2) is 0 Å². The van der Waals surface area contributed by atoms with Crippen molar-refractivity contribution in [2.45, 2.75) is 25.8 Å². The highest BCUT2D eigenvalue weighted by Gasteiger charge is 2.24. The van der Waals surface area contributed by atoms with Crippen molar-refractivity contribution < 1.29 is 19.5 Å². The number of rotatable bonds is 4. The molecule has 0 bridgehead atoms. The Balaban J connectivity index is 1.96. The Morgan fingerprint density at radius 2 is 1.62 bits per heavy atom. The van der Waals surface area contributed by atoms with Gasteiger partial charge in [0.25, 0.3) is 5.91 Å². The van der Waals surface area contributed by atoms with E-state index in [1.165, 1.54) is 24.3 Å². The molecule has 0 saturated carbocycles. The second kappa shape index (κ2) is 6.39. The first-order valence-electron chi connectivity index (χ1n) is 6.92. The predicted octanol–water partition coefficient (Wildman–Crippen LogP) is 1.13. The predicted molar refractivity (Wildman–Crippen MR) is 76.1 cm³/mol. The second-order valence-corrected chi connectivity index (χ2v) is 5.11. The van der Waals surface area contributed by atoms with Crippen LogP contribution in [-0.4, -0.2) is 46.9 Å². The molecule has 6 heteroatoms. The summed E-state index contributed by atoms with van der Waals surface area (Å²) in [5.41, 5.74) is 0.453. The molecule has 1 aliphatic heterocycles. The molecule has 1 atom stereocenters. The smallest absolute Gasteiger partial charge is 0.335 e. The molecule has 112 valence electrons. The number of carbonyl (C=O) groups is 3. The van der Waals surface area contributed by atoms with E-state index >= 15 is 0 Å². The number of likely N-dealkylation sites (tertiary alicyclic amines) is 1. The quantitative estimate of drug-likeness (QED) is 0.870. The van der Waals surface area contributed by atoms with Crippen molar-refractivity contribution in [2.24, 2.45) is 0 Å². The van der Waals surface area contributed by atoms with Gasteiger partial charge in [-0.05, 0) is 44.0 Å². The van der Waals surface area contributed by atoms with Crippen molar-refractivity contribution in [2.75, 3.05) is 13.1 Å². The highest BCUT2D eigenvalue weighted by atomic mass is 16.4. The lowest BCUT2D eigenvalue weighted by Crippen LogP contribution is -2.45. The van der Waals surface area contributed by atoms with Crippen molar-refractivity contribution in [3.8, 4) is 0 Å². The summed E-state index contributed by atoms with van der Waals surface area (Å²) in [6, 6.07) is 5.02. The topological polar surface area (TPSA) is 86.7 Å². The third-order valence-corrected chi connectivity index (χ3v) is 3.53. The molecule has 2 N–H and O–H groups in total. The monoisotopic (exact) mass is 290 g/mol. The molecule has 1 aromatic rings. The minimum atomic E-state index is -1.04. The summed E-state index contributed by atoms with van der Waals surface area (Å²) >= 11 is 0. The summed E-state index contributed by atoms with van der Waals surface area (Å²) in [5.74, 6) is -1.51. The normalized spacial score (nSPS) is 15.6. The molecule has 1 fully saturated rings. The molecule has 2 rings (SSSR count). The molecule has 2 amide bonds. The minimum absolute atomic E-state index is 0.0805. The van der Waals surface area contributed by atoms with Gasteiger partial charge in [-0.3, -0.25) is 9.59 Å². The van der Waals surface area contributed by atoms with Crippen LogP contribution in [0.5, 0.6) is 0 Å². The van der Waals surface area contributed by atoms with Crippen LogP contribution in [0.2, 0.25) is 0 Å². The molecular formula is C15H18N2O4. The van der Waals surface area contributed by atoms with Crippen LogP contribution in [0.25, 0.3) is 0 Å². The van der Waals surface area contributed by atoms with Gasteiger partial charge in [-0.25, -0.2) is 4.79 Å². The highest BCUT2D eigenvalue weighted by Crippen LogP contribution is 2.10. The summed E-state index contributed by atoms with van der Waals surface area (Å²) < 4.78 is 0. The average molecular weight is 290 g/mol. The van der Waals surface area contributed by atoms with Crippen LogP contribution < -0.4 is 5.32 Å². The zero-order valence-corrected chi connectivity index (χ0v) is 11.8. The largest absolute Gasteiger partial charge is 0.478 e. The number of amides is 2. The van der Waals surface area contributed by atoms with Gasteiger partial charge in [0.1, 0.15) is 6.04 Å². The fourth-order valence-electron chi connectivity index (χ4n) is 2.32. The zero-order valence-electron chi connectivity index (χ0n) is 11.8. The van der Waals surface area contributed by atoms with E-state index < -0.39 is 12.0 Å². The lowest BCUT2D eigenvalue weighted by atomic mass is 10.1. The Hall–Kier alpha value is -2.37. The number of benzene rings is 1. The Morgan fingerprint density at radius 3 is 2.14 bits per heavy atom. The lowest BCUT2D eigenvalue weighted by molar-refractivity contribution is -0.131. The first kappa shape index (κ1) is 15.0. The molecule has 1 aliphatic rings. The number of hydrogen-bond donors (Lipinski definition) is 2. The summed E-state index contributed by atoms with van der Waals surface area (Å²) in [6.07, 6.45) is 2.01. The number of carbonyl (C=O) groups excluding carboxylic acids is 2. The summed E-state index contributed by atoms with van der Waals surface area (Å²) in [7, 11) is 0. The van der Waals surface area contributed by atoms with Gasteiger partial charge in [-0.15, -0.1) is 0 Å². The molecule has 0 spiro atoms. The van der Waals surface area contributed by atoms with Crippen LogP contribution in [0.3, 0.4) is 0 Å². The standard InChI is InChI=1S/C15H18N2O4/c1-10(14(19)17-8-2-3-9-17)16-13(18)11-4-6-12(7-5-11)15(20)21/h4-7,10H,2-3,8-9H2,1H3,(H,16,18)(H,20,21)/t10-/m0/s1. The molecule has 21 heavy (non-hydrogen) atoms. The van der Waals surface area contributed by atoms with Crippen molar-refractivity contribution >= 4 is 17.8 Å². The van der Waals surface area contributed by atoms with E-state index in [2.05, 4.69) is 5.32 Å². The van der Waals surface area contributed by atoms with E-state index in [4.69, 9.17) is 5.11 Å². The second-order valence-electron chi connectivity index (χ2n) is 5.11. The number of nitrogens with one attached hydrogen (secondary N) is 1. The van der Waals surface area contributed by atoms with Gasteiger partial charge >= 0.3 is 5.97 Å². The third-order valence-electron chi connectivity index (χ3n) is 3.53. The number of carboxylic acids is 1. The van der Waals surface area contributed by atoms with Gasteiger partial charge in [0, 0.05) is 18.7 Å². The van der Waals surface area contributed by atoms with Crippen LogP contribution in [0, 0.1) is 0 Å². The molecule has 6 nitrogen and oxygen atoms in total. The SMILES string of the molecule is C[C@H](NC(=O)c1ccc(C(=O)O)cc1)C(=O)N1CCCC1. The Kier molecular flexibility index (Phi) is 4.57. The lowest BCUT2D eigenvalue weighted by Gasteiger charge is -2.21. The van der Waals surface area contributed by atoms with Crippen LogP contribution in [0.4, 0.5) is 0 Å². The Bertz CT molecular complexity index is 547. The number of carboxylic acid groups (broad SMARTS) is 1. The highest BCUT2D eigenvalue weighted by molar-refractivity contribution is 5.98. The first-order chi connectivity index (χ1) is 9.99. The molecule has 0 radical (unpaired) electrons. The molecule has 1 aromatic carbocycles. The summed E-state index contributed by atoms with van der Waals surface area (Å²) in [4.78, 5) is 36.6. The summed E-state index contributed by atoms with van der Waals surface area (Å²) in [6.45, 7) is 3.14. The first-order valence-corrected chi connectivity index (χ1v) is 6.92. The van der Waals surface area contributed by atoms with Crippen molar-refractivity contribution in [1.29, 1.82) is 0 Å². The van der Waals surface area contributed by atoms with Crippen LogP contribution in [0.15, 0.2) is 24.3 Å². The van der Waals surface area contributed by atoms with E-state index in [9.17, 15) is 14.4 Å². The van der Waals surface area contributed by atoms with E-state index in [1.54, 1.807) is 11.8 Å². The van der Waals surface area contributed by atoms with Crippen LogP contribution >= 0.6 is 0 Å². The van der Waals surface area contributed by atoms with Crippen molar-refractivity contribution in [3.63, 3.8) is 0 Å². The molecule has 1 saturated heterocycles.